The molecule has 0 atom stereocenters. The highest BCUT2D eigenvalue weighted by atomic mass is 32.2. The van der Waals surface area contributed by atoms with Gasteiger partial charge in [-0.1, -0.05) is 38.5 Å². The van der Waals surface area contributed by atoms with Crippen molar-refractivity contribution in [2.75, 3.05) is 39.0 Å². The summed E-state index contributed by atoms with van der Waals surface area (Å²) in [7, 11) is -5.86. The Morgan fingerprint density at radius 3 is 1.68 bits per heavy atom. The van der Waals surface area contributed by atoms with Crippen LogP contribution in [0, 0.1) is 11.8 Å². The van der Waals surface area contributed by atoms with E-state index in [1.54, 1.807) is 17.8 Å². The number of carbonyl (C=O) groups excluding carboxylic acids is 2. The third kappa shape index (κ3) is 10.0. The van der Waals surface area contributed by atoms with E-state index in [-0.39, 0.29) is 17.6 Å². The first kappa shape index (κ1) is 42.7. The number of nitrogens with zero attached hydrogens (tertiary/aromatic N) is 6. The first-order valence-corrected chi connectivity index (χ1v) is 24.6. The summed E-state index contributed by atoms with van der Waals surface area (Å²) in [6, 6.07) is 0. The molecule has 0 unspecified atom stereocenters. The second kappa shape index (κ2) is 18.8. The van der Waals surface area contributed by atoms with Gasteiger partial charge in [0.05, 0.1) is 10.8 Å². The predicted molar refractivity (Wildman–Crippen MR) is 219 cm³/mol. The van der Waals surface area contributed by atoms with Crippen LogP contribution in [0.2, 0.25) is 0 Å². The van der Waals surface area contributed by atoms with Gasteiger partial charge in [0, 0.05) is 80.1 Å². The molecule has 3 N–H and O–H groups in total. The maximum atomic E-state index is 12.6. The van der Waals surface area contributed by atoms with Crippen molar-refractivity contribution in [2.45, 2.75) is 107 Å². The second-order valence-electron chi connectivity index (χ2n) is 15.1. The Labute approximate surface area is 338 Å². The van der Waals surface area contributed by atoms with E-state index in [1.807, 2.05) is 5.38 Å². The Kier molecular flexibility index (Phi) is 14.3. The fraction of sp³-hybridized carbons (Fsp3) is 0.676. The summed E-state index contributed by atoms with van der Waals surface area (Å²) in [5.41, 5.74) is -1.54. The lowest BCUT2D eigenvalue weighted by Gasteiger charge is -2.34. The van der Waals surface area contributed by atoms with E-state index in [0.29, 0.717) is 75.1 Å². The molecule has 56 heavy (non-hydrogen) atoms. The monoisotopic (exact) mass is 850 g/mol. The number of aromatic nitrogens is 2. The number of amidine groups is 2. The SMILES string of the molecule is CO.O=C1NC(C2CCCCC2)=NC12CCN(S(=O)(=O)/C=C/c1nccs1)CC2.O=C1NC(C2CCCCC2)=NC12CCN(S(=O)(=O)CCc1nccs1)CC2. The van der Waals surface area contributed by atoms with Crippen molar-refractivity contribution in [2.24, 2.45) is 21.8 Å². The van der Waals surface area contributed by atoms with Gasteiger partial charge in [0.25, 0.3) is 11.8 Å². The number of aliphatic hydroxyl groups excluding tert-OH is 1. The van der Waals surface area contributed by atoms with Gasteiger partial charge in [0.1, 0.15) is 27.8 Å². The number of piperidine rings is 2. The van der Waals surface area contributed by atoms with Gasteiger partial charge in [-0.15, -0.1) is 22.7 Å². The minimum absolute atomic E-state index is 0.0390. The van der Waals surface area contributed by atoms with E-state index in [9.17, 15) is 26.4 Å². The number of rotatable bonds is 9. The van der Waals surface area contributed by atoms with Crippen LogP contribution < -0.4 is 10.6 Å². The van der Waals surface area contributed by atoms with E-state index < -0.39 is 31.1 Å². The van der Waals surface area contributed by atoms with Crippen LogP contribution in [0.5, 0.6) is 0 Å². The van der Waals surface area contributed by atoms with Crippen LogP contribution in [0.3, 0.4) is 0 Å². The predicted octanol–water partition coefficient (Wildman–Crippen LogP) is 3.95. The molecule has 2 saturated carbocycles. The van der Waals surface area contributed by atoms with E-state index in [0.717, 1.165) is 49.5 Å². The summed E-state index contributed by atoms with van der Waals surface area (Å²) in [5, 5.41) is 19.4. The molecular weight excluding hydrogens is 797 g/mol. The van der Waals surface area contributed by atoms with Crippen LogP contribution in [0.1, 0.15) is 99.9 Å². The lowest BCUT2D eigenvalue weighted by Crippen LogP contribution is -2.51. The van der Waals surface area contributed by atoms with E-state index in [4.69, 9.17) is 15.1 Å². The van der Waals surface area contributed by atoms with Gasteiger partial charge in [0.2, 0.25) is 20.0 Å². The topological polar surface area (TPSA) is 204 Å². The standard InChI is InChI=1S/C18H26N4O3S2.C18H24N4O3S2.CH4O/c2*23-17-18(21-16(20-17)14-4-2-1-3-5-14)7-10-22(11-8-18)27(24,25)13-6-15-19-9-12-26-15;1-2/h9,12,14H,1-8,10-11,13H2,(H,20,21,23);6,9,12-14H,1-5,7-8,10-11H2,(H,20,21,23);2H,1H3/b;13-6+;. The largest absolute Gasteiger partial charge is 0.400 e. The Morgan fingerprint density at radius 1 is 0.732 bits per heavy atom. The van der Waals surface area contributed by atoms with E-state index in [1.165, 1.54) is 81.3 Å². The fourth-order valence-electron chi connectivity index (χ4n) is 8.41. The van der Waals surface area contributed by atoms with Crippen molar-refractivity contribution in [3.63, 3.8) is 0 Å². The van der Waals surface area contributed by atoms with Crippen molar-refractivity contribution >= 4 is 72.3 Å². The number of aryl methyl sites for hydroxylation is 1. The van der Waals surface area contributed by atoms with Gasteiger partial charge in [-0.2, -0.15) is 4.31 Å². The molecule has 2 aromatic rings. The van der Waals surface area contributed by atoms with Crippen molar-refractivity contribution in [3.05, 3.63) is 38.6 Å². The molecule has 2 aromatic heterocycles. The lowest BCUT2D eigenvalue weighted by atomic mass is 9.88. The number of thiazole rings is 2. The number of aliphatic hydroxyl groups is 1. The molecule has 308 valence electrons. The van der Waals surface area contributed by atoms with Crippen LogP contribution in [-0.2, 0) is 36.1 Å². The highest BCUT2D eigenvalue weighted by Crippen LogP contribution is 2.36. The quantitative estimate of drug-likeness (QED) is 0.334. The number of hydrogen-bond donors (Lipinski definition) is 3. The number of hydrogen-bond acceptors (Lipinski definition) is 13. The smallest absolute Gasteiger partial charge is 0.253 e. The van der Waals surface area contributed by atoms with Gasteiger partial charge in [0.15, 0.2) is 0 Å². The van der Waals surface area contributed by atoms with Gasteiger partial charge in [-0.05, 0) is 57.4 Å². The van der Waals surface area contributed by atoms with Crippen molar-refractivity contribution in [3.8, 4) is 0 Å². The highest BCUT2D eigenvalue weighted by Gasteiger charge is 2.49. The number of sulfonamides is 2. The molecule has 19 heteroatoms. The van der Waals surface area contributed by atoms with E-state index >= 15 is 0 Å². The van der Waals surface area contributed by atoms with Crippen LogP contribution in [0.4, 0.5) is 0 Å². The van der Waals surface area contributed by atoms with Crippen LogP contribution in [-0.4, -0.2) is 114 Å². The maximum Gasteiger partial charge on any atom is 0.253 e. The van der Waals surface area contributed by atoms with Crippen LogP contribution >= 0.6 is 22.7 Å². The number of amides is 2. The zero-order valence-electron chi connectivity index (χ0n) is 32.0. The molecule has 4 aliphatic heterocycles. The molecule has 0 aromatic carbocycles. The summed E-state index contributed by atoms with van der Waals surface area (Å²) >= 11 is 2.86. The summed E-state index contributed by atoms with van der Waals surface area (Å²) in [5.74, 6) is 2.36. The first-order valence-electron chi connectivity index (χ1n) is 19.7. The normalized spacial score (nSPS) is 23.5. The molecule has 2 spiro atoms. The minimum Gasteiger partial charge on any atom is -0.400 e. The third-order valence-corrected chi connectivity index (χ3v) is 16.7. The van der Waals surface area contributed by atoms with Crippen molar-refractivity contribution < 1.29 is 31.5 Å². The summed E-state index contributed by atoms with van der Waals surface area (Å²) in [6.45, 7) is 1.32. The Morgan fingerprint density at radius 2 is 1.21 bits per heavy atom. The van der Waals surface area contributed by atoms with Gasteiger partial charge in [-0.25, -0.2) is 31.1 Å². The number of aliphatic imine (C=N–C) groups is 2. The Bertz CT molecular complexity index is 1940. The van der Waals surface area contributed by atoms with Gasteiger partial charge in [-0.3, -0.25) is 19.6 Å². The molecule has 6 aliphatic rings. The molecule has 2 saturated heterocycles. The molecule has 0 bridgehead atoms. The van der Waals surface area contributed by atoms with Crippen molar-refractivity contribution in [1.29, 1.82) is 0 Å². The summed E-state index contributed by atoms with van der Waals surface area (Å²) < 4.78 is 53.4. The average Bonchev–Trinajstić information content (AvgIpc) is 4.05. The number of carbonyl (C=O) groups is 2. The summed E-state index contributed by atoms with van der Waals surface area (Å²) in [4.78, 5) is 43.1. The van der Waals surface area contributed by atoms with Gasteiger partial charge >= 0.3 is 0 Å². The third-order valence-electron chi connectivity index (χ3n) is 11.7. The minimum atomic E-state index is -3.52. The molecule has 6 heterocycles. The fourth-order valence-corrected chi connectivity index (χ4v) is 12.4. The van der Waals surface area contributed by atoms with Crippen molar-refractivity contribution in [1.82, 2.24) is 29.2 Å². The number of nitrogens with one attached hydrogen (secondary N) is 2. The molecular formula is C37H54N8O7S4. The maximum absolute atomic E-state index is 12.6. The highest BCUT2D eigenvalue weighted by molar-refractivity contribution is 7.92. The molecule has 2 aliphatic carbocycles. The zero-order chi connectivity index (χ0) is 39.8. The zero-order valence-corrected chi connectivity index (χ0v) is 35.2. The molecule has 8 rings (SSSR count). The molecule has 4 fully saturated rings. The van der Waals surface area contributed by atoms with Gasteiger partial charge < -0.3 is 15.7 Å². The second-order valence-corrected chi connectivity index (χ2v) is 21.0. The van der Waals surface area contributed by atoms with Crippen LogP contribution in [0.25, 0.3) is 6.08 Å². The molecule has 15 nitrogen and oxygen atoms in total. The van der Waals surface area contributed by atoms with E-state index in [2.05, 4.69) is 20.6 Å². The Balaban J connectivity index is 0.000000182. The first-order chi connectivity index (χ1) is 27.0. The average molecular weight is 851 g/mol. The Hall–Kier alpha value is -2.94. The lowest BCUT2D eigenvalue weighted by molar-refractivity contribution is -0.125. The van der Waals surface area contributed by atoms with Crippen LogP contribution in [0.15, 0.2) is 38.5 Å². The summed E-state index contributed by atoms with van der Waals surface area (Å²) in [6.07, 6.45) is 18.7. The molecule has 2 amide bonds. The molecule has 0 radical (unpaired) electrons.